The van der Waals surface area contributed by atoms with E-state index in [2.05, 4.69) is 17.4 Å². The van der Waals surface area contributed by atoms with Crippen molar-refractivity contribution in [3.63, 3.8) is 0 Å². The fourth-order valence-electron chi connectivity index (χ4n) is 3.48. The number of amides is 1. The van der Waals surface area contributed by atoms with Crippen molar-refractivity contribution in [3.8, 4) is 0 Å². The first kappa shape index (κ1) is 16.6. The van der Waals surface area contributed by atoms with E-state index in [1.54, 1.807) is 47.2 Å². The topological polar surface area (TPSA) is 51.1 Å². The lowest BCUT2D eigenvalue weighted by Gasteiger charge is -2.16. The quantitative estimate of drug-likeness (QED) is 0.753. The minimum absolute atomic E-state index is 0.0259. The van der Waals surface area contributed by atoms with Crippen molar-refractivity contribution in [2.75, 3.05) is 5.32 Å². The number of benzene rings is 2. The zero-order valence-electron chi connectivity index (χ0n) is 14.0. The summed E-state index contributed by atoms with van der Waals surface area (Å²) in [6, 6.07) is 18.2. The lowest BCUT2D eigenvalue weighted by Crippen LogP contribution is -2.30. The van der Waals surface area contributed by atoms with Crippen LogP contribution in [-0.4, -0.2) is 10.5 Å². The first-order chi connectivity index (χ1) is 12.6. The zero-order valence-corrected chi connectivity index (χ0v) is 14.7. The summed E-state index contributed by atoms with van der Waals surface area (Å²) in [5.74, 6) is -0.419. The third kappa shape index (κ3) is 3.04. The van der Waals surface area contributed by atoms with Gasteiger partial charge in [0.25, 0.3) is 11.5 Å². The second-order valence-corrected chi connectivity index (χ2v) is 6.79. The monoisotopic (exact) mass is 364 g/mol. The summed E-state index contributed by atoms with van der Waals surface area (Å²) in [6.07, 6.45) is 3.56. The third-order valence-corrected chi connectivity index (χ3v) is 5.01. The van der Waals surface area contributed by atoms with E-state index in [0.29, 0.717) is 10.7 Å². The Kier molecular flexibility index (Phi) is 4.35. The molecule has 1 aliphatic carbocycles. The fourth-order valence-corrected chi connectivity index (χ4v) is 3.61. The predicted octanol–water partition coefficient (Wildman–Crippen LogP) is 4.29. The molecule has 0 aliphatic heterocycles. The number of anilines is 1. The number of carbonyl (C=O) groups excluding carboxylic acids is 1. The number of halogens is 1. The molecule has 3 aromatic rings. The van der Waals surface area contributed by atoms with Crippen LogP contribution >= 0.6 is 11.6 Å². The van der Waals surface area contributed by atoms with E-state index in [4.69, 9.17) is 11.6 Å². The number of carbonyl (C=O) groups is 1. The summed E-state index contributed by atoms with van der Waals surface area (Å²) in [5.41, 5.74) is 2.87. The highest BCUT2D eigenvalue weighted by Crippen LogP contribution is 2.33. The van der Waals surface area contributed by atoms with E-state index < -0.39 is 5.91 Å². The number of rotatable bonds is 3. The molecule has 0 bridgehead atoms. The Morgan fingerprint density at radius 1 is 1.04 bits per heavy atom. The van der Waals surface area contributed by atoms with E-state index >= 15 is 0 Å². The largest absolute Gasteiger partial charge is 0.322 e. The van der Waals surface area contributed by atoms with Gasteiger partial charge in [-0.15, -0.1) is 0 Å². The molecule has 26 heavy (non-hydrogen) atoms. The van der Waals surface area contributed by atoms with Crippen LogP contribution in [0.3, 0.4) is 0 Å². The van der Waals surface area contributed by atoms with Crippen LogP contribution in [0.5, 0.6) is 0 Å². The van der Waals surface area contributed by atoms with Gasteiger partial charge in [0, 0.05) is 16.9 Å². The molecule has 4 rings (SSSR count). The highest BCUT2D eigenvalue weighted by atomic mass is 35.5. The van der Waals surface area contributed by atoms with Gasteiger partial charge in [-0.05, 0) is 60.4 Å². The van der Waals surface area contributed by atoms with Crippen LogP contribution in [0.2, 0.25) is 5.02 Å². The van der Waals surface area contributed by atoms with Crippen LogP contribution in [0.15, 0.2) is 71.7 Å². The Hall–Kier alpha value is -2.85. The average Bonchev–Trinajstić information content (AvgIpc) is 3.08. The van der Waals surface area contributed by atoms with E-state index in [1.807, 2.05) is 12.1 Å². The van der Waals surface area contributed by atoms with Crippen molar-refractivity contribution in [1.29, 1.82) is 0 Å². The molecule has 0 fully saturated rings. The van der Waals surface area contributed by atoms with E-state index in [0.717, 1.165) is 18.4 Å². The van der Waals surface area contributed by atoms with Gasteiger partial charge in [-0.25, -0.2) is 0 Å². The van der Waals surface area contributed by atoms with Crippen LogP contribution in [0, 0.1) is 0 Å². The van der Waals surface area contributed by atoms with E-state index in [-0.39, 0.29) is 17.2 Å². The number of pyridine rings is 1. The van der Waals surface area contributed by atoms with Gasteiger partial charge in [0.2, 0.25) is 0 Å². The van der Waals surface area contributed by atoms with Gasteiger partial charge >= 0.3 is 0 Å². The van der Waals surface area contributed by atoms with Crippen molar-refractivity contribution >= 4 is 23.2 Å². The molecule has 1 N–H and O–H groups in total. The second kappa shape index (κ2) is 6.81. The SMILES string of the molecule is O=C(Nc1ccc(Cl)cc1)c1cccn([C@@H]2CCc3ccccc32)c1=O. The minimum atomic E-state index is -0.419. The standard InChI is InChI=1S/C21H17ClN2O2/c22-15-8-10-16(11-9-15)23-20(25)18-6-3-13-24(21(18)26)19-12-7-14-4-1-2-5-17(14)19/h1-6,8-11,13,19H,7,12H2,(H,23,25)/t19-/m1/s1. The maximum Gasteiger partial charge on any atom is 0.263 e. The first-order valence-corrected chi connectivity index (χ1v) is 8.87. The second-order valence-electron chi connectivity index (χ2n) is 6.35. The fraction of sp³-hybridized carbons (Fsp3) is 0.143. The van der Waals surface area contributed by atoms with Crippen LogP contribution < -0.4 is 10.9 Å². The van der Waals surface area contributed by atoms with Gasteiger partial charge in [0.1, 0.15) is 5.56 Å². The van der Waals surface area contributed by atoms with Gasteiger partial charge in [0.05, 0.1) is 6.04 Å². The van der Waals surface area contributed by atoms with Gasteiger partial charge < -0.3 is 9.88 Å². The predicted molar refractivity (Wildman–Crippen MR) is 103 cm³/mol. The average molecular weight is 365 g/mol. The normalized spacial score (nSPS) is 15.5. The molecule has 1 aromatic heterocycles. The van der Waals surface area contributed by atoms with Crippen molar-refractivity contribution in [2.45, 2.75) is 18.9 Å². The zero-order chi connectivity index (χ0) is 18.1. The van der Waals surface area contributed by atoms with Gasteiger partial charge in [0.15, 0.2) is 0 Å². The summed E-state index contributed by atoms with van der Waals surface area (Å²) in [7, 11) is 0. The molecule has 0 saturated carbocycles. The number of nitrogens with one attached hydrogen (secondary N) is 1. The van der Waals surface area contributed by atoms with Crippen molar-refractivity contribution in [1.82, 2.24) is 4.57 Å². The van der Waals surface area contributed by atoms with Crippen LogP contribution in [0.1, 0.15) is 33.9 Å². The molecule has 1 atom stereocenters. The molecule has 2 aromatic carbocycles. The third-order valence-electron chi connectivity index (χ3n) is 4.76. The smallest absolute Gasteiger partial charge is 0.263 e. The first-order valence-electron chi connectivity index (χ1n) is 8.49. The summed E-state index contributed by atoms with van der Waals surface area (Å²) < 4.78 is 1.67. The summed E-state index contributed by atoms with van der Waals surface area (Å²) in [6.45, 7) is 0. The van der Waals surface area contributed by atoms with Crippen LogP contribution in [0.25, 0.3) is 0 Å². The van der Waals surface area contributed by atoms with Gasteiger partial charge in [-0.1, -0.05) is 35.9 Å². The Morgan fingerprint density at radius 2 is 1.81 bits per heavy atom. The van der Waals surface area contributed by atoms with Gasteiger partial charge in [-0.2, -0.15) is 0 Å². The summed E-state index contributed by atoms with van der Waals surface area (Å²) in [5, 5.41) is 3.34. The number of fused-ring (bicyclic) bond motifs is 1. The lowest BCUT2D eigenvalue weighted by atomic mass is 10.1. The molecule has 0 unspecified atom stereocenters. The summed E-state index contributed by atoms with van der Waals surface area (Å²) in [4.78, 5) is 25.5. The highest BCUT2D eigenvalue weighted by molar-refractivity contribution is 6.30. The molecular formula is C21H17ClN2O2. The maximum atomic E-state index is 12.9. The van der Waals surface area contributed by atoms with E-state index in [1.165, 1.54) is 5.56 Å². The Morgan fingerprint density at radius 3 is 2.62 bits per heavy atom. The highest BCUT2D eigenvalue weighted by Gasteiger charge is 2.25. The molecule has 1 aliphatic rings. The van der Waals surface area contributed by atoms with Crippen molar-refractivity contribution in [2.24, 2.45) is 0 Å². The molecule has 0 radical (unpaired) electrons. The minimum Gasteiger partial charge on any atom is -0.322 e. The molecule has 1 heterocycles. The molecular weight excluding hydrogens is 348 g/mol. The van der Waals surface area contributed by atoms with Crippen molar-refractivity contribution < 1.29 is 4.79 Å². The molecule has 1 amide bonds. The summed E-state index contributed by atoms with van der Waals surface area (Å²) >= 11 is 5.86. The van der Waals surface area contributed by atoms with Gasteiger partial charge in [-0.3, -0.25) is 9.59 Å². The Balaban J connectivity index is 1.65. The van der Waals surface area contributed by atoms with Crippen molar-refractivity contribution in [3.05, 3.63) is 98.9 Å². The maximum absolute atomic E-state index is 12.9. The van der Waals surface area contributed by atoms with Crippen LogP contribution in [-0.2, 0) is 6.42 Å². The van der Waals surface area contributed by atoms with E-state index in [9.17, 15) is 9.59 Å². The molecule has 0 saturated heterocycles. The molecule has 0 spiro atoms. The molecule has 130 valence electrons. The lowest BCUT2D eigenvalue weighted by molar-refractivity contribution is 0.102. The van der Waals surface area contributed by atoms with Crippen LogP contribution in [0.4, 0.5) is 5.69 Å². The number of aromatic nitrogens is 1. The number of hydrogen-bond donors (Lipinski definition) is 1. The Labute approximate surface area is 156 Å². The molecule has 4 nitrogen and oxygen atoms in total. The molecule has 5 heteroatoms. The Bertz CT molecular complexity index is 1020. The number of hydrogen-bond acceptors (Lipinski definition) is 2. The number of aryl methyl sites for hydroxylation is 1. The number of nitrogens with zero attached hydrogens (tertiary/aromatic N) is 1.